The second-order valence-corrected chi connectivity index (χ2v) is 4.02. The van der Waals surface area contributed by atoms with Crippen LogP contribution in [0.2, 0.25) is 0 Å². The van der Waals surface area contributed by atoms with Gasteiger partial charge in [-0.15, -0.1) is 0 Å². The summed E-state index contributed by atoms with van der Waals surface area (Å²) in [4.78, 5) is 22.1. The lowest BCUT2D eigenvalue weighted by Gasteiger charge is -2.09. The largest absolute Gasteiger partial charge is 0.478 e. The van der Waals surface area contributed by atoms with Crippen LogP contribution in [0.1, 0.15) is 34.8 Å². The summed E-state index contributed by atoms with van der Waals surface area (Å²) in [6.07, 6.45) is -2.08. The SMILES string of the molecule is CCOC(=O)CC=Cc1ccc(C(F)(F)F)cc1C(=O)O. The van der Waals surface area contributed by atoms with Gasteiger partial charge in [0.2, 0.25) is 0 Å². The molecule has 0 saturated heterocycles. The Labute approximate surface area is 118 Å². The molecule has 0 fully saturated rings. The highest BCUT2D eigenvalue weighted by Gasteiger charge is 2.31. The molecule has 0 amide bonds. The van der Waals surface area contributed by atoms with Crippen molar-refractivity contribution in [2.45, 2.75) is 19.5 Å². The van der Waals surface area contributed by atoms with Gasteiger partial charge in [-0.1, -0.05) is 18.2 Å². The van der Waals surface area contributed by atoms with Crippen LogP contribution in [0.5, 0.6) is 0 Å². The van der Waals surface area contributed by atoms with Gasteiger partial charge in [-0.3, -0.25) is 4.79 Å². The monoisotopic (exact) mass is 302 g/mol. The molecule has 0 aliphatic rings. The third-order valence-electron chi connectivity index (χ3n) is 2.50. The molecule has 1 N–H and O–H groups in total. The second-order valence-electron chi connectivity index (χ2n) is 4.02. The summed E-state index contributed by atoms with van der Waals surface area (Å²) in [6.45, 7) is 1.85. The number of carbonyl (C=O) groups excluding carboxylic acids is 1. The van der Waals surface area contributed by atoms with E-state index in [1.165, 1.54) is 12.2 Å². The number of aromatic carboxylic acids is 1. The Hall–Kier alpha value is -2.31. The van der Waals surface area contributed by atoms with Crippen molar-refractivity contribution in [3.63, 3.8) is 0 Å². The molecule has 0 saturated carbocycles. The first-order valence-electron chi connectivity index (χ1n) is 6.02. The summed E-state index contributed by atoms with van der Waals surface area (Å²) in [5.74, 6) is -1.98. The van der Waals surface area contributed by atoms with Gasteiger partial charge in [0.05, 0.1) is 24.2 Å². The maximum Gasteiger partial charge on any atom is 0.416 e. The van der Waals surface area contributed by atoms with E-state index in [2.05, 4.69) is 4.74 Å². The van der Waals surface area contributed by atoms with Gasteiger partial charge in [0.15, 0.2) is 0 Å². The highest BCUT2D eigenvalue weighted by Crippen LogP contribution is 2.30. The predicted molar refractivity (Wildman–Crippen MR) is 68.7 cm³/mol. The van der Waals surface area contributed by atoms with Crippen LogP contribution in [0, 0.1) is 0 Å². The number of alkyl halides is 3. The molecule has 7 heteroatoms. The van der Waals surface area contributed by atoms with Gasteiger partial charge in [0, 0.05) is 0 Å². The van der Waals surface area contributed by atoms with E-state index >= 15 is 0 Å². The molecule has 0 aliphatic heterocycles. The van der Waals surface area contributed by atoms with Crippen molar-refractivity contribution in [3.05, 3.63) is 41.0 Å². The molecule has 114 valence electrons. The molecule has 1 rings (SSSR count). The summed E-state index contributed by atoms with van der Waals surface area (Å²) >= 11 is 0. The average molecular weight is 302 g/mol. The Kier molecular flexibility index (Phi) is 5.52. The van der Waals surface area contributed by atoms with Crippen molar-refractivity contribution in [1.82, 2.24) is 0 Å². The number of hydrogen-bond donors (Lipinski definition) is 1. The number of benzene rings is 1. The molecule has 4 nitrogen and oxygen atoms in total. The van der Waals surface area contributed by atoms with Crippen molar-refractivity contribution in [2.75, 3.05) is 6.61 Å². The first-order chi connectivity index (χ1) is 9.75. The van der Waals surface area contributed by atoms with Crippen molar-refractivity contribution < 1.29 is 32.6 Å². The molecule has 1 aromatic rings. The molecule has 0 aliphatic carbocycles. The predicted octanol–water partition coefficient (Wildman–Crippen LogP) is 3.37. The molecular weight excluding hydrogens is 289 g/mol. The molecule has 0 unspecified atom stereocenters. The molecular formula is C14H13F3O4. The van der Waals surface area contributed by atoms with Crippen molar-refractivity contribution in [1.29, 1.82) is 0 Å². The molecule has 21 heavy (non-hydrogen) atoms. The lowest BCUT2D eigenvalue weighted by molar-refractivity contribution is -0.142. The van der Waals surface area contributed by atoms with Gasteiger partial charge in [0.25, 0.3) is 0 Å². The number of halogens is 3. The number of carboxylic acids is 1. The van der Waals surface area contributed by atoms with Gasteiger partial charge in [-0.2, -0.15) is 13.2 Å². The van der Waals surface area contributed by atoms with Gasteiger partial charge in [0.1, 0.15) is 0 Å². The van der Waals surface area contributed by atoms with Crippen LogP contribution in [0.3, 0.4) is 0 Å². The molecule has 0 bridgehead atoms. The Morgan fingerprint density at radius 1 is 1.33 bits per heavy atom. The Morgan fingerprint density at radius 2 is 2.00 bits per heavy atom. The number of ether oxygens (including phenoxy) is 1. The van der Waals surface area contributed by atoms with Crippen LogP contribution in [0.15, 0.2) is 24.3 Å². The number of esters is 1. The number of carboxylic acid groups (broad SMARTS) is 1. The van der Waals surface area contributed by atoms with Gasteiger partial charge >= 0.3 is 18.1 Å². The quantitative estimate of drug-likeness (QED) is 0.847. The fourth-order valence-electron chi connectivity index (χ4n) is 1.57. The zero-order valence-corrected chi connectivity index (χ0v) is 11.1. The van der Waals surface area contributed by atoms with Crippen molar-refractivity contribution in [3.8, 4) is 0 Å². The van der Waals surface area contributed by atoms with E-state index in [4.69, 9.17) is 5.11 Å². The van der Waals surface area contributed by atoms with Gasteiger partial charge < -0.3 is 9.84 Å². The molecule has 0 radical (unpaired) electrons. The minimum atomic E-state index is -4.61. The molecule has 0 atom stereocenters. The minimum absolute atomic E-state index is 0.0831. The standard InChI is InChI=1S/C14H13F3O4/c1-2-21-12(18)5-3-4-9-6-7-10(14(15,16)17)8-11(9)13(19)20/h3-4,6-8H,2,5H2,1H3,(H,19,20). The normalized spacial score (nSPS) is 11.6. The van der Waals surface area contributed by atoms with Gasteiger partial charge in [-0.25, -0.2) is 4.79 Å². The molecule has 0 heterocycles. The van der Waals surface area contributed by atoms with E-state index in [1.807, 2.05) is 0 Å². The minimum Gasteiger partial charge on any atom is -0.478 e. The third kappa shape index (κ3) is 4.94. The number of rotatable bonds is 5. The van der Waals surface area contributed by atoms with Gasteiger partial charge in [-0.05, 0) is 24.6 Å². The highest BCUT2D eigenvalue weighted by molar-refractivity contribution is 5.92. The van der Waals surface area contributed by atoms with Crippen LogP contribution in [0.25, 0.3) is 6.08 Å². The summed E-state index contributed by atoms with van der Waals surface area (Å²) in [5, 5.41) is 8.96. The summed E-state index contributed by atoms with van der Waals surface area (Å²) in [7, 11) is 0. The van der Waals surface area contributed by atoms with E-state index in [1.54, 1.807) is 6.92 Å². The average Bonchev–Trinajstić information content (AvgIpc) is 2.37. The Morgan fingerprint density at radius 3 is 2.52 bits per heavy atom. The highest BCUT2D eigenvalue weighted by atomic mass is 19.4. The number of hydrogen-bond acceptors (Lipinski definition) is 3. The molecule has 0 aromatic heterocycles. The fourth-order valence-corrected chi connectivity index (χ4v) is 1.57. The molecule has 1 aromatic carbocycles. The lowest BCUT2D eigenvalue weighted by atomic mass is 10.0. The maximum absolute atomic E-state index is 12.5. The second kappa shape index (κ2) is 6.92. The van der Waals surface area contributed by atoms with E-state index in [0.29, 0.717) is 6.07 Å². The Bertz CT molecular complexity index is 562. The summed E-state index contributed by atoms with van der Waals surface area (Å²) in [5.41, 5.74) is -1.44. The summed E-state index contributed by atoms with van der Waals surface area (Å²) < 4.78 is 42.3. The van der Waals surface area contributed by atoms with Crippen molar-refractivity contribution in [2.24, 2.45) is 0 Å². The first kappa shape index (κ1) is 16.7. The molecule has 0 spiro atoms. The van der Waals surface area contributed by atoms with E-state index in [0.717, 1.165) is 12.1 Å². The smallest absolute Gasteiger partial charge is 0.416 e. The fraction of sp³-hybridized carbons (Fsp3) is 0.286. The third-order valence-corrected chi connectivity index (χ3v) is 2.50. The zero-order chi connectivity index (χ0) is 16.0. The van der Waals surface area contributed by atoms with E-state index < -0.39 is 29.2 Å². The van der Waals surface area contributed by atoms with E-state index in [-0.39, 0.29) is 18.6 Å². The Balaban J connectivity index is 3.00. The lowest BCUT2D eigenvalue weighted by Crippen LogP contribution is -2.08. The maximum atomic E-state index is 12.5. The van der Waals surface area contributed by atoms with Crippen molar-refractivity contribution >= 4 is 18.0 Å². The van der Waals surface area contributed by atoms with Crippen LogP contribution in [-0.2, 0) is 15.7 Å². The zero-order valence-electron chi connectivity index (χ0n) is 11.1. The van der Waals surface area contributed by atoms with Crippen LogP contribution in [-0.4, -0.2) is 23.7 Å². The topological polar surface area (TPSA) is 63.6 Å². The van der Waals surface area contributed by atoms with Crippen LogP contribution in [0.4, 0.5) is 13.2 Å². The van der Waals surface area contributed by atoms with Crippen LogP contribution >= 0.6 is 0 Å². The van der Waals surface area contributed by atoms with Crippen LogP contribution < -0.4 is 0 Å². The van der Waals surface area contributed by atoms with E-state index in [9.17, 15) is 22.8 Å². The summed E-state index contributed by atoms with van der Waals surface area (Å²) in [6, 6.07) is 2.40. The number of carbonyl (C=O) groups is 2. The first-order valence-corrected chi connectivity index (χ1v) is 6.02.